The van der Waals surface area contributed by atoms with Crippen molar-refractivity contribution in [1.82, 2.24) is 24.3 Å². The van der Waals surface area contributed by atoms with Gasteiger partial charge in [0.05, 0.1) is 29.3 Å². The average Bonchev–Trinajstić information content (AvgIpc) is 3.71. The number of fused-ring (bicyclic) bond motifs is 1. The minimum absolute atomic E-state index is 0.0488. The van der Waals surface area contributed by atoms with E-state index in [-0.39, 0.29) is 5.91 Å². The second-order valence-electron chi connectivity index (χ2n) is 10.5. The molecule has 6 rings (SSSR count). The third-order valence-electron chi connectivity index (χ3n) is 7.71. The first-order valence-electron chi connectivity index (χ1n) is 13.3. The molecule has 8 heteroatoms. The number of hydrogen-bond donors (Lipinski definition) is 1. The van der Waals surface area contributed by atoms with Crippen molar-refractivity contribution in [2.75, 3.05) is 27.2 Å². The van der Waals surface area contributed by atoms with Gasteiger partial charge in [-0.15, -0.1) is 0 Å². The number of carbonyl (C=O) groups is 1. The van der Waals surface area contributed by atoms with Crippen molar-refractivity contribution in [2.24, 2.45) is 0 Å². The molecule has 1 fully saturated rings. The third kappa shape index (κ3) is 4.77. The Morgan fingerprint density at radius 1 is 1.12 bits per heavy atom. The number of nitrogens with one attached hydrogen (secondary N) is 1. The first kappa shape index (κ1) is 25.9. The number of aromatic amines is 1. The van der Waals surface area contributed by atoms with Gasteiger partial charge >= 0.3 is 0 Å². The summed E-state index contributed by atoms with van der Waals surface area (Å²) < 4.78 is 2.09. The molecule has 1 saturated heterocycles. The Morgan fingerprint density at radius 3 is 2.60 bits per heavy atom. The Kier molecular flexibility index (Phi) is 6.89. The monoisotopic (exact) mass is 548 g/mol. The highest BCUT2D eigenvalue weighted by molar-refractivity contribution is 6.30. The maximum atomic E-state index is 14.2. The smallest absolute Gasteiger partial charge is 0.271 e. The van der Waals surface area contributed by atoms with Crippen molar-refractivity contribution in [3.05, 3.63) is 101 Å². The highest BCUT2D eigenvalue weighted by Crippen LogP contribution is 2.40. The highest BCUT2D eigenvalue weighted by Gasteiger charge is 2.32. The van der Waals surface area contributed by atoms with Gasteiger partial charge in [0.1, 0.15) is 5.69 Å². The summed E-state index contributed by atoms with van der Waals surface area (Å²) in [5.74, 6) is -0.0488. The van der Waals surface area contributed by atoms with Gasteiger partial charge in [-0.25, -0.2) is 4.98 Å². The molecule has 0 aliphatic carbocycles. The summed E-state index contributed by atoms with van der Waals surface area (Å²) in [4.78, 5) is 26.6. The lowest BCUT2D eigenvalue weighted by molar-refractivity contribution is 0.0779. The molecule has 7 nitrogen and oxygen atoms in total. The predicted molar refractivity (Wildman–Crippen MR) is 158 cm³/mol. The molecular formula is C32H29ClN6O. The molecule has 3 aromatic carbocycles. The predicted octanol–water partition coefficient (Wildman–Crippen LogP) is 6.05. The van der Waals surface area contributed by atoms with Gasteiger partial charge in [-0.3, -0.25) is 4.79 Å². The summed E-state index contributed by atoms with van der Waals surface area (Å²) in [6.45, 7) is 1.91. The molecule has 1 aliphatic rings. The Morgan fingerprint density at radius 2 is 1.90 bits per heavy atom. The molecule has 0 radical (unpaired) electrons. The van der Waals surface area contributed by atoms with Crippen molar-refractivity contribution in [3.63, 3.8) is 0 Å². The largest absolute Gasteiger partial charge is 0.350 e. The number of likely N-dealkylation sites (tertiary alicyclic amines) is 1. The summed E-state index contributed by atoms with van der Waals surface area (Å²) >= 11 is 6.16. The number of rotatable bonds is 6. The lowest BCUT2D eigenvalue weighted by atomic mass is 10.00. The second kappa shape index (κ2) is 10.6. The fraction of sp³-hybridized carbons (Fsp3) is 0.219. The van der Waals surface area contributed by atoms with E-state index < -0.39 is 0 Å². The molecule has 1 atom stereocenters. The van der Waals surface area contributed by atoms with Crippen LogP contribution < -0.4 is 0 Å². The minimum Gasteiger partial charge on any atom is -0.350 e. The van der Waals surface area contributed by atoms with Crippen LogP contribution in [-0.2, 0) is 6.54 Å². The summed E-state index contributed by atoms with van der Waals surface area (Å²) in [6.07, 6.45) is 2.76. The number of hydrogen-bond acceptors (Lipinski definition) is 4. The number of amides is 1. The van der Waals surface area contributed by atoms with Gasteiger partial charge in [-0.1, -0.05) is 60.1 Å². The average molecular weight is 549 g/mol. The van der Waals surface area contributed by atoms with Gasteiger partial charge in [0.25, 0.3) is 5.91 Å². The van der Waals surface area contributed by atoms with Gasteiger partial charge < -0.3 is 19.4 Å². The highest BCUT2D eigenvalue weighted by atomic mass is 35.5. The van der Waals surface area contributed by atoms with Crippen LogP contribution in [0.5, 0.6) is 0 Å². The molecule has 3 heterocycles. The molecule has 40 heavy (non-hydrogen) atoms. The molecule has 5 aromatic rings. The van der Waals surface area contributed by atoms with Crippen LogP contribution in [0, 0.1) is 11.3 Å². The van der Waals surface area contributed by atoms with E-state index in [4.69, 9.17) is 16.6 Å². The number of halogens is 1. The fourth-order valence-corrected chi connectivity index (χ4v) is 5.66. The standard InChI is InChI=1S/C32H29ClN6O/c1-37(2)25-14-15-38(19-25)32(40)30-28(26-13-10-22(17-34)16-27(26)36-30)31-29(23-6-4-3-5-7-23)35-20-39(31)18-21-8-11-24(33)12-9-21/h3-13,16,20,25,36H,14-15,18-19H2,1-2H3. The SMILES string of the molecule is CN(C)C1CCN(C(=O)c2[nH]c3cc(C#N)ccc3c2-c2c(-c3ccccc3)ncn2Cc2ccc(Cl)cc2)C1. The van der Waals surface area contributed by atoms with E-state index in [1.807, 2.05) is 78.0 Å². The van der Waals surface area contributed by atoms with Crippen molar-refractivity contribution < 1.29 is 4.79 Å². The van der Waals surface area contributed by atoms with Crippen LogP contribution in [0.15, 0.2) is 79.1 Å². The normalized spacial score (nSPS) is 15.2. The first-order chi connectivity index (χ1) is 19.4. The van der Waals surface area contributed by atoms with Crippen molar-refractivity contribution in [2.45, 2.75) is 19.0 Å². The Balaban J connectivity index is 1.56. The maximum Gasteiger partial charge on any atom is 0.271 e. The van der Waals surface area contributed by atoms with Gasteiger partial charge in [0.2, 0.25) is 0 Å². The number of aromatic nitrogens is 3. The van der Waals surface area contributed by atoms with Gasteiger partial charge in [-0.05, 0) is 50.3 Å². The van der Waals surface area contributed by atoms with E-state index in [0.29, 0.717) is 42.0 Å². The molecule has 1 N–H and O–H groups in total. The quantitative estimate of drug-likeness (QED) is 0.280. The summed E-state index contributed by atoms with van der Waals surface area (Å²) in [5, 5.41) is 11.1. The lowest BCUT2D eigenvalue weighted by Gasteiger charge is -2.21. The molecule has 0 saturated carbocycles. The number of nitrogens with zero attached hydrogens (tertiary/aromatic N) is 5. The number of likely N-dealkylation sites (N-methyl/N-ethyl adjacent to an activating group) is 1. The summed E-state index contributed by atoms with van der Waals surface area (Å²) in [5.41, 5.74) is 6.26. The van der Waals surface area contributed by atoms with Crippen molar-refractivity contribution in [1.29, 1.82) is 5.26 Å². The first-order valence-corrected chi connectivity index (χ1v) is 13.7. The maximum absolute atomic E-state index is 14.2. The van der Waals surface area contributed by atoms with E-state index in [0.717, 1.165) is 45.4 Å². The lowest BCUT2D eigenvalue weighted by Crippen LogP contribution is -2.34. The molecule has 1 amide bonds. The Labute approximate surface area is 238 Å². The molecular weight excluding hydrogens is 520 g/mol. The molecule has 0 bridgehead atoms. The van der Waals surface area contributed by atoms with Crippen LogP contribution in [-0.4, -0.2) is 63.5 Å². The number of imidazole rings is 1. The molecule has 0 spiro atoms. The van der Waals surface area contributed by atoms with E-state index >= 15 is 0 Å². The van der Waals surface area contributed by atoms with Crippen molar-refractivity contribution in [3.8, 4) is 28.6 Å². The number of carbonyl (C=O) groups excluding carboxylic acids is 1. The van der Waals surface area contributed by atoms with E-state index in [9.17, 15) is 10.1 Å². The van der Waals surface area contributed by atoms with Crippen LogP contribution in [0.4, 0.5) is 0 Å². The van der Waals surface area contributed by atoms with Crippen LogP contribution in [0.1, 0.15) is 28.0 Å². The van der Waals surface area contributed by atoms with Gasteiger partial charge in [0, 0.05) is 52.7 Å². The van der Waals surface area contributed by atoms with Crippen LogP contribution in [0.3, 0.4) is 0 Å². The zero-order valence-corrected chi connectivity index (χ0v) is 23.2. The Hall–Kier alpha value is -4.38. The fourth-order valence-electron chi connectivity index (χ4n) is 5.54. The molecule has 200 valence electrons. The topological polar surface area (TPSA) is 81.0 Å². The molecule has 1 aliphatic heterocycles. The number of benzene rings is 3. The van der Waals surface area contributed by atoms with Crippen molar-refractivity contribution >= 4 is 28.4 Å². The van der Waals surface area contributed by atoms with E-state index in [2.05, 4.69) is 34.6 Å². The number of H-pyrrole nitrogens is 1. The molecule has 2 aromatic heterocycles. The second-order valence-corrected chi connectivity index (χ2v) is 10.9. The van der Waals surface area contributed by atoms with Gasteiger partial charge in [0.15, 0.2) is 0 Å². The molecule has 1 unspecified atom stereocenters. The zero-order chi connectivity index (χ0) is 27.8. The zero-order valence-electron chi connectivity index (χ0n) is 22.4. The summed E-state index contributed by atoms with van der Waals surface area (Å²) in [7, 11) is 4.11. The summed E-state index contributed by atoms with van der Waals surface area (Å²) in [6, 6.07) is 25.9. The Bertz CT molecular complexity index is 1730. The van der Waals surface area contributed by atoms with Crippen LogP contribution in [0.2, 0.25) is 5.02 Å². The van der Waals surface area contributed by atoms with Gasteiger partial charge in [-0.2, -0.15) is 5.26 Å². The number of nitriles is 1. The van der Waals surface area contributed by atoms with E-state index in [1.165, 1.54) is 0 Å². The van der Waals surface area contributed by atoms with Crippen LogP contribution >= 0.6 is 11.6 Å². The third-order valence-corrected chi connectivity index (χ3v) is 7.96. The van der Waals surface area contributed by atoms with E-state index in [1.54, 1.807) is 6.07 Å². The minimum atomic E-state index is -0.0488. The van der Waals surface area contributed by atoms with Crippen LogP contribution in [0.25, 0.3) is 33.4 Å².